The lowest BCUT2D eigenvalue weighted by Gasteiger charge is -2.18. The van der Waals surface area contributed by atoms with Gasteiger partial charge in [0.25, 0.3) is 5.17 Å². The molecule has 1 aliphatic heterocycles. The summed E-state index contributed by atoms with van der Waals surface area (Å²) in [5.41, 5.74) is 7.36. The third kappa shape index (κ3) is 1.21. The number of rotatable bonds is 0. The number of nitrogens with one attached hydrogen (secondary N) is 1. The molecule has 0 amide bonds. The van der Waals surface area contributed by atoms with Crippen molar-refractivity contribution in [1.82, 2.24) is 5.32 Å². The lowest BCUT2D eigenvalue weighted by molar-refractivity contribution is 0.498. The first-order chi connectivity index (χ1) is 5.75. The van der Waals surface area contributed by atoms with E-state index in [9.17, 15) is 0 Å². The summed E-state index contributed by atoms with van der Waals surface area (Å²) in [5, 5.41) is 3.34. The molecular weight excluding hydrogens is 172 g/mol. The highest BCUT2D eigenvalue weighted by molar-refractivity contribution is 7.80. The number of thiocarbonyl (C=S) groups is 1. The van der Waals surface area contributed by atoms with Gasteiger partial charge in [0.05, 0.1) is 0 Å². The van der Waals surface area contributed by atoms with Crippen molar-refractivity contribution in [3.05, 3.63) is 23.8 Å². The van der Waals surface area contributed by atoms with Crippen molar-refractivity contribution in [1.29, 1.82) is 0 Å². The first-order valence-corrected chi connectivity index (χ1v) is 4.00. The van der Waals surface area contributed by atoms with E-state index in [2.05, 4.69) is 5.32 Å². The molecule has 1 heterocycles. The molecule has 62 valence electrons. The molecule has 0 fully saturated rings. The average molecular weight is 180 g/mol. The van der Waals surface area contributed by atoms with Crippen molar-refractivity contribution in [2.75, 3.05) is 5.73 Å². The molecule has 4 heteroatoms. The molecule has 0 saturated heterocycles. The number of nitrogen functional groups attached to an aromatic ring is 1. The van der Waals surface area contributed by atoms with Gasteiger partial charge >= 0.3 is 0 Å². The van der Waals surface area contributed by atoms with E-state index in [4.69, 9.17) is 22.7 Å². The van der Waals surface area contributed by atoms with E-state index in [1.54, 1.807) is 6.07 Å². The van der Waals surface area contributed by atoms with E-state index >= 15 is 0 Å². The summed E-state index contributed by atoms with van der Waals surface area (Å²) in [4.78, 5) is 0. The van der Waals surface area contributed by atoms with Crippen LogP contribution in [0, 0.1) is 0 Å². The second-order valence-corrected chi connectivity index (χ2v) is 2.98. The van der Waals surface area contributed by atoms with E-state index in [-0.39, 0.29) is 0 Å². The van der Waals surface area contributed by atoms with Crippen molar-refractivity contribution >= 4 is 23.1 Å². The Morgan fingerprint density at radius 2 is 2.33 bits per heavy atom. The second-order valence-electron chi connectivity index (χ2n) is 2.61. The van der Waals surface area contributed by atoms with Crippen molar-refractivity contribution < 1.29 is 4.74 Å². The van der Waals surface area contributed by atoms with E-state index in [0.717, 1.165) is 11.3 Å². The predicted molar refractivity (Wildman–Crippen MR) is 50.9 cm³/mol. The average Bonchev–Trinajstić information content (AvgIpc) is 2.03. The highest BCUT2D eigenvalue weighted by Gasteiger charge is 2.12. The first-order valence-electron chi connectivity index (χ1n) is 3.60. The summed E-state index contributed by atoms with van der Waals surface area (Å²) in [5.74, 6) is 0.763. The predicted octanol–water partition coefficient (Wildman–Crippen LogP) is 1.04. The number of fused-ring (bicyclic) bond motifs is 1. The monoisotopic (exact) mass is 180 g/mol. The zero-order chi connectivity index (χ0) is 8.55. The van der Waals surface area contributed by atoms with Gasteiger partial charge in [0.1, 0.15) is 5.75 Å². The van der Waals surface area contributed by atoms with Crippen LogP contribution in [0.4, 0.5) is 5.69 Å². The maximum atomic E-state index is 5.58. The van der Waals surface area contributed by atoms with Crippen LogP contribution in [0.15, 0.2) is 18.2 Å². The van der Waals surface area contributed by atoms with Gasteiger partial charge in [-0.3, -0.25) is 0 Å². The molecule has 12 heavy (non-hydrogen) atoms. The van der Waals surface area contributed by atoms with Crippen LogP contribution in [-0.2, 0) is 6.54 Å². The topological polar surface area (TPSA) is 47.3 Å². The molecule has 1 aromatic carbocycles. The van der Waals surface area contributed by atoms with Gasteiger partial charge in [-0.05, 0) is 18.3 Å². The van der Waals surface area contributed by atoms with E-state index in [1.807, 2.05) is 12.1 Å². The zero-order valence-electron chi connectivity index (χ0n) is 6.33. The zero-order valence-corrected chi connectivity index (χ0v) is 7.15. The Morgan fingerprint density at radius 3 is 3.17 bits per heavy atom. The normalized spacial score (nSPS) is 14.5. The van der Waals surface area contributed by atoms with Crippen molar-refractivity contribution in [3.8, 4) is 5.75 Å². The van der Waals surface area contributed by atoms with Crippen LogP contribution in [0.2, 0.25) is 0 Å². The van der Waals surface area contributed by atoms with Gasteiger partial charge in [-0.2, -0.15) is 0 Å². The molecule has 1 aliphatic rings. The van der Waals surface area contributed by atoms with Gasteiger partial charge in [-0.1, -0.05) is 6.07 Å². The van der Waals surface area contributed by atoms with Gasteiger partial charge < -0.3 is 15.8 Å². The molecule has 2 rings (SSSR count). The third-order valence-corrected chi connectivity index (χ3v) is 1.94. The molecular formula is C8H8N2OS. The Kier molecular flexibility index (Phi) is 1.62. The molecule has 1 aromatic rings. The molecule has 0 aromatic heterocycles. The van der Waals surface area contributed by atoms with Crippen LogP contribution in [0.3, 0.4) is 0 Å². The molecule has 0 bridgehead atoms. The lowest BCUT2D eigenvalue weighted by Crippen LogP contribution is -2.30. The van der Waals surface area contributed by atoms with Crippen molar-refractivity contribution in [3.63, 3.8) is 0 Å². The maximum absolute atomic E-state index is 5.58. The number of ether oxygens (including phenoxy) is 1. The fourth-order valence-electron chi connectivity index (χ4n) is 1.12. The molecule has 0 radical (unpaired) electrons. The summed E-state index contributed by atoms with van der Waals surface area (Å²) in [6, 6.07) is 5.56. The summed E-state index contributed by atoms with van der Waals surface area (Å²) in [6.45, 7) is 0.717. The Bertz CT molecular complexity index is 338. The number of hydrogen-bond acceptors (Lipinski definition) is 3. The largest absolute Gasteiger partial charge is 0.431 e. The van der Waals surface area contributed by atoms with Crippen LogP contribution in [0.25, 0.3) is 0 Å². The smallest absolute Gasteiger partial charge is 0.262 e. The van der Waals surface area contributed by atoms with Gasteiger partial charge in [0.15, 0.2) is 0 Å². The van der Waals surface area contributed by atoms with Gasteiger partial charge in [-0.15, -0.1) is 0 Å². The number of nitrogens with two attached hydrogens (primary N) is 1. The SMILES string of the molecule is Nc1ccc2c(c1)OC(=S)NC2. The quantitative estimate of drug-likeness (QED) is 0.462. The molecule has 0 atom stereocenters. The Hall–Kier alpha value is -1.29. The molecule has 3 nitrogen and oxygen atoms in total. The minimum Gasteiger partial charge on any atom is -0.431 e. The fraction of sp³-hybridized carbons (Fsp3) is 0.125. The second kappa shape index (κ2) is 2.64. The summed E-state index contributed by atoms with van der Waals surface area (Å²) in [7, 11) is 0. The molecule has 0 saturated carbocycles. The standard InChI is InChI=1S/C8H8N2OS/c9-6-2-1-5-4-10-8(12)11-7(5)3-6/h1-3H,4,9H2,(H,10,12). The van der Waals surface area contributed by atoms with E-state index in [0.29, 0.717) is 17.4 Å². The van der Waals surface area contributed by atoms with Crippen LogP contribution in [0.1, 0.15) is 5.56 Å². The van der Waals surface area contributed by atoms with Crippen molar-refractivity contribution in [2.24, 2.45) is 0 Å². The Morgan fingerprint density at radius 1 is 1.50 bits per heavy atom. The maximum Gasteiger partial charge on any atom is 0.262 e. The van der Waals surface area contributed by atoms with Crippen LogP contribution >= 0.6 is 12.2 Å². The minimum atomic E-state index is 0.410. The van der Waals surface area contributed by atoms with E-state index in [1.165, 1.54) is 0 Å². The number of hydrogen-bond donors (Lipinski definition) is 2. The molecule has 0 spiro atoms. The van der Waals surface area contributed by atoms with Gasteiger partial charge in [-0.25, -0.2) is 0 Å². The highest BCUT2D eigenvalue weighted by Crippen LogP contribution is 2.24. The van der Waals surface area contributed by atoms with E-state index < -0.39 is 0 Å². The first kappa shape index (κ1) is 7.36. The summed E-state index contributed by atoms with van der Waals surface area (Å²) < 4.78 is 5.25. The lowest BCUT2D eigenvalue weighted by atomic mass is 10.1. The Labute approximate surface area is 75.5 Å². The Balaban J connectivity index is 2.44. The third-order valence-electron chi connectivity index (χ3n) is 1.72. The van der Waals surface area contributed by atoms with Crippen molar-refractivity contribution in [2.45, 2.75) is 6.54 Å². The van der Waals surface area contributed by atoms with Gasteiger partial charge in [0, 0.05) is 23.9 Å². The molecule has 3 N–H and O–H groups in total. The van der Waals surface area contributed by atoms with Crippen LogP contribution < -0.4 is 15.8 Å². The number of anilines is 1. The summed E-state index contributed by atoms with van der Waals surface area (Å²) >= 11 is 4.85. The van der Waals surface area contributed by atoms with Crippen LogP contribution in [0.5, 0.6) is 5.75 Å². The fourth-order valence-corrected chi connectivity index (χ4v) is 1.28. The minimum absolute atomic E-state index is 0.410. The summed E-state index contributed by atoms with van der Waals surface area (Å²) in [6.07, 6.45) is 0. The van der Waals surface area contributed by atoms with Gasteiger partial charge in [0.2, 0.25) is 0 Å². The number of benzene rings is 1. The van der Waals surface area contributed by atoms with Crippen LogP contribution in [-0.4, -0.2) is 5.17 Å². The molecule has 0 unspecified atom stereocenters. The highest BCUT2D eigenvalue weighted by atomic mass is 32.1. The molecule has 0 aliphatic carbocycles.